The van der Waals surface area contributed by atoms with Crippen LogP contribution in [0.3, 0.4) is 0 Å². The zero-order chi connectivity index (χ0) is 18.5. The van der Waals surface area contributed by atoms with Crippen molar-refractivity contribution < 1.29 is 23.5 Å². The van der Waals surface area contributed by atoms with E-state index in [1.54, 1.807) is 30.3 Å². The average molecular weight is 356 g/mol. The number of esters is 1. The first-order valence-corrected chi connectivity index (χ1v) is 7.64. The molecule has 0 aromatic heterocycles. The second kappa shape index (κ2) is 7.54. The van der Waals surface area contributed by atoms with Crippen molar-refractivity contribution in [3.63, 3.8) is 0 Å². The molecule has 1 fully saturated rings. The molecule has 1 amide bonds. The Kier molecular flexibility index (Phi) is 5.00. The number of amides is 1. The Morgan fingerprint density at radius 1 is 1.35 bits per heavy atom. The maximum Gasteiger partial charge on any atom is 0.414 e. The Morgan fingerprint density at radius 2 is 2.12 bits per heavy atom. The summed E-state index contributed by atoms with van der Waals surface area (Å²) in [4.78, 5) is 27.7. The molecule has 0 saturated carbocycles. The number of ether oxygens (including phenoxy) is 2. The predicted molar refractivity (Wildman–Crippen MR) is 89.4 cm³/mol. The molecule has 2 aromatic carbocycles. The van der Waals surface area contributed by atoms with Gasteiger partial charge in [-0.1, -0.05) is 23.3 Å². The summed E-state index contributed by atoms with van der Waals surface area (Å²) >= 11 is 0. The van der Waals surface area contributed by atoms with E-state index < -0.39 is 24.0 Å². The maximum atomic E-state index is 14.3. The van der Waals surface area contributed by atoms with Crippen LogP contribution >= 0.6 is 0 Å². The Balaban J connectivity index is 1.72. The number of carbonyl (C=O) groups excluding carboxylic acids is 2. The lowest BCUT2D eigenvalue weighted by Crippen LogP contribution is -2.25. The lowest BCUT2D eigenvalue weighted by atomic mass is 10.2. The van der Waals surface area contributed by atoms with Gasteiger partial charge in [0.05, 0.1) is 24.3 Å². The third kappa shape index (κ3) is 3.73. The molecule has 0 bridgehead atoms. The molecule has 0 N–H and O–H groups in total. The minimum atomic E-state index is -0.793. The highest BCUT2D eigenvalue weighted by Gasteiger charge is 2.32. The van der Waals surface area contributed by atoms with Crippen molar-refractivity contribution >= 4 is 17.7 Å². The summed E-state index contributed by atoms with van der Waals surface area (Å²) in [5.41, 5.74) is 8.85. The molecule has 1 aliphatic rings. The normalized spacial score (nSPS) is 16.0. The summed E-state index contributed by atoms with van der Waals surface area (Å²) in [6, 6.07) is 12.0. The van der Waals surface area contributed by atoms with Gasteiger partial charge in [0.1, 0.15) is 6.10 Å². The molecule has 8 nitrogen and oxygen atoms in total. The zero-order valence-corrected chi connectivity index (χ0v) is 13.4. The largest absolute Gasteiger partial charge is 0.444 e. The number of hydrogen-bond donors (Lipinski definition) is 0. The van der Waals surface area contributed by atoms with E-state index in [9.17, 15) is 14.0 Å². The van der Waals surface area contributed by atoms with Crippen LogP contribution in [-0.4, -0.2) is 31.3 Å². The highest BCUT2D eigenvalue weighted by molar-refractivity contribution is 5.92. The molecule has 2 aromatic rings. The standard InChI is InChI=1S/C17H13FN4O4/c18-14-8-12(22-10-13(9-20-21-19)25-17(22)24)6-7-15(14)26-16(23)11-4-2-1-3-5-11/h1-8,13H,9-10H2/t13-/m1/s1. The molecule has 0 radical (unpaired) electrons. The Morgan fingerprint density at radius 3 is 2.81 bits per heavy atom. The van der Waals surface area contributed by atoms with Crippen molar-refractivity contribution in [3.8, 4) is 5.75 Å². The monoisotopic (exact) mass is 356 g/mol. The van der Waals surface area contributed by atoms with Crippen molar-refractivity contribution in [3.05, 3.63) is 70.4 Å². The summed E-state index contributed by atoms with van der Waals surface area (Å²) < 4.78 is 24.4. The van der Waals surface area contributed by atoms with E-state index >= 15 is 0 Å². The van der Waals surface area contributed by atoms with E-state index in [-0.39, 0.29) is 24.5 Å². The van der Waals surface area contributed by atoms with Crippen LogP contribution in [0, 0.1) is 5.82 Å². The third-order valence-electron chi connectivity index (χ3n) is 3.66. The van der Waals surface area contributed by atoms with Crippen molar-refractivity contribution in [1.29, 1.82) is 0 Å². The summed E-state index contributed by atoms with van der Waals surface area (Å²) in [5, 5.41) is 3.35. The van der Waals surface area contributed by atoms with Gasteiger partial charge in [-0.05, 0) is 29.8 Å². The fourth-order valence-electron chi connectivity index (χ4n) is 2.43. The van der Waals surface area contributed by atoms with Gasteiger partial charge >= 0.3 is 12.1 Å². The number of anilines is 1. The topological polar surface area (TPSA) is 105 Å². The molecule has 26 heavy (non-hydrogen) atoms. The number of nitrogens with zero attached hydrogens (tertiary/aromatic N) is 4. The molecule has 9 heteroatoms. The second-order valence-electron chi connectivity index (χ2n) is 5.40. The second-order valence-corrected chi connectivity index (χ2v) is 5.40. The van der Waals surface area contributed by atoms with Crippen LogP contribution in [0.5, 0.6) is 5.75 Å². The minimum absolute atomic E-state index is 0.00596. The molecule has 0 aliphatic carbocycles. The van der Waals surface area contributed by atoms with E-state index in [0.717, 1.165) is 6.07 Å². The van der Waals surface area contributed by atoms with Crippen molar-refractivity contribution in [2.75, 3.05) is 18.0 Å². The van der Waals surface area contributed by atoms with Crippen LogP contribution in [-0.2, 0) is 4.74 Å². The number of benzene rings is 2. The van der Waals surface area contributed by atoms with Crippen molar-refractivity contribution in [1.82, 2.24) is 0 Å². The number of halogens is 1. The smallest absolute Gasteiger partial charge is 0.414 e. The van der Waals surface area contributed by atoms with Crippen LogP contribution in [0.25, 0.3) is 10.4 Å². The number of carbonyl (C=O) groups is 2. The van der Waals surface area contributed by atoms with Crippen molar-refractivity contribution in [2.45, 2.75) is 6.10 Å². The number of hydrogen-bond acceptors (Lipinski definition) is 5. The summed E-state index contributed by atoms with van der Waals surface area (Å²) in [7, 11) is 0. The molecular formula is C17H13FN4O4. The number of rotatable bonds is 5. The predicted octanol–water partition coefficient (Wildman–Crippen LogP) is 3.68. The van der Waals surface area contributed by atoms with E-state index in [4.69, 9.17) is 15.0 Å². The van der Waals surface area contributed by atoms with Gasteiger partial charge in [-0.3, -0.25) is 4.90 Å². The molecule has 1 saturated heterocycles. The Bertz CT molecular complexity index is 884. The van der Waals surface area contributed by atoms with Gasteiger partial charge in [0.2, 0.25) is 0 Å². The van der Waals surface area contributed by atoms with E-state index in [0.29, 0.717) is 5.56 Å². The molecule has 1 atom stereocenters. The van der Waals surface area contributed by atoms with Crippen LogP contribution in [0.1, 0.15) is 10.4 Å². The lowest BCUT2D eigenvalue weighted by molar-refractivity contribution is 0.0727. The molecule has 0 spiro atoms. The molecule has 1 heterocycles. The fraction of sp³-hybridized carbons (Fsp3) is 0.176. The molecular weight excluding hydrogens is 343 g/mol. The minimum Gasteiger partial charge on any atom is -0.444 e. The molecule has 3 rings (SSSR count). The number of azide groups is 1. The molecule has 1 aliphatic heterocycles. The first kappa shape index (κ1) is 17.2. The van der Waals surface area contributed by atoms with Gasteiger partial charge in [-0.2, -0.15) is 0 Å². The zero-order valence-electron chi connectivity index (χ0n) is 13.4. The summed E-state index contributed by atoms with van der Waals surface area (Å²) in [6.07, 6.45) is -1.27. The quantitative estimate of drug-likeness (QED) is 0.268. The van der Waals surface area contributed by atoms with E-state index in [1.807, 2.05) is 0 Å². The summed E-state index contributed by atoms with van der Waals surface area (Å²) in [6.45, 7) is 0.119. The first-order chi connectivity index (χ1) is 12.6. The van der Waals surface area contributed by atoms with E-state index in [1.165, 1.54) is 17.0 Å². The van der Waals surface area contributed by atoms with E-state index in [2.05, 4.69) is 10.0 Å². The van der Waals surface area contributed by atoms with Gasteiger partial charge < -0.3 is 9.47 Å². The fourth-order valence-corrected chi connectivity index (χ4v) is 2.43. The Hall–Kier alpha value is -3.58. The highest BCUT2D eigenvalue weighted by Crippen LogP contribution is 2.27. The van der Waals surface area contributed by atoms with Gasteiger partial charge in [-0.25, -0.2) is 14.0 Å². The first-order valence-electron chi connectivity index (χ1n) is 7.64. The van der Waals surface area contributed by atoms with Gasteiger partial charge in [0.25, 0.3) is 0 Å². The molecule has 132 valence electrons. The van der Waals surface area contributed by atoms with Gasteiger partial charge in [-0.15, -0.1) is 0 Å². The SMILES string of the molecule is [N-]=[N+]=NC[C@@H]1CN(c2ccc(OC(=O)c3ccccc3)c(F)c2)C(=O)O1. The molecule has 0 unspecified atom stereocenters. The third-order valence-corrected chi connectivity index (χ3v) is 3.66. The van der Waals surface area contributed by atoms with Crippen LogP contribution in [0.15, 0.2) is 53.6 Å². The summed E-state index contributed by atoms with van der Waals surface area (Å²) in [5.74, 6) is -1.73. The number of cyclic esters (lactones) is 1. The van der Waals surface area contributed by atoms with Crippen LogP contribution in [0.2, 0.25) is 0 Å². The van der Waals surface area contributed by atoms with Crippen LogP contribution in [0.4, 0.5) is 14.9 Å². The van der Waals surface area contributed by atoms with Gasteiger partial charge in [0.15, 0.2) is 11.6 Å². The van der Waals surface area contributed by atoms with Crippen LogP contribution < -0.4 is 9.64 Å². The maximum absolute atomic E-state index is 14.3. The van der Waals surface area contributed by atoms with Crippen molar-refractivity contribution in [2.24, 2.45) is 5.11 Å². The highest BCUT2D eigenvalue weighted by atomic mass is 19.1. The van der Waals surface area contributed by atoms with Gasteiger partial charge in [0, 0.05) is 11.0 Å². The Labute approximate surface area is 147 Å². The average Bonchev–Trinajstić information content (AvgIpc) is 3.03. The lowest BCUT2D eigenvalue weighted by Gasteiger charge is -2.14.